The number of carbonyl (C=O) groups is 2. The Bertz CT molecular complexity index is 1020. The maximum Gasteiger partial charge on any atom is 0.416 e. The van der Waals surface area contributed by atoms with Crippen LogP contribution in [0.4, 0.5) is 13.2 Å². The first-order valence-electron chi connectivity index (χ1n) is 10.6. The molecule has 1 aliphatic rings. The first-order chi connectivity index (χ1) is 15.5. The van der Waals surface area contributed by atoms with Crippen LogP contribution < -0.4 is 15.6 Å². The van der Waals surface area contributed by atoms with Crippen molar-refractivity contribution in [3.8, 4) is 5.75 Å². The van der Waals surface area contributed by atoms with Crippen molar-refractivity contribution in [2.75, 3.05) is 13.2 Å². The molecule has 9 heteroatoms. The van der Waals surface area contributed by atoms with Gasteiger partial charge in [-0.25, -0.2) is 0 Å². The van der Waals surface area contributed by atoms with Crippen LogP contribution >= 0.6 is 0 Å². The largest absolute Gasteiger partial charge is 0.481 e. The van der Waals surface area contributed by atoms with Crippen LogP contribution in [0, 0.1) is 13.8 Å². The number of nitrogens with one attached hydrogen (secondary N) is 2. The van der Waals surface area contributed by atoms with Crippen molar-refractivity contribution in [2.24, 2.45) is 0 Å². The highest BCUT2D eigenvalue weighted by Gasteiger charge is 2.43. The van der Waals surface area contributed by atoms with E-state index < -0.39 is 35.1 Å². The Balaban J connectivity index is 1.73. The van der Waals surface area contributed by atoms with E-state index in [0.29, 0.717) is 5.75 Å². The SMILES string of the molecule is Cc1cccc(OC(C)C(=O)NNC(=O)C2(c3cccc(C(F)(F)F)c3)CCOCC2)c1C. The number of hydrazine groups is 1. The third-order valence-electron chi connectivity index (χ3n) is 6.05. The molecule has 0 aromatic heterocycles. The highest BCUT2D eigenvalue weighted by molar-refractivity contribution is 5.91. The Kier molecular flexibility index (Phi) is 7.31. The Hall–Kier alpha value is -3.07. The van der Waals surface area contributed by atoms with Crippen LogP contribution in [0.25, 0.3) is 0 Å². The van der Waals surface area contributed by atoms with Gasteiger partial charge >= 0.3 is 6.18 Å². The number of amides is 2. The van der Waals surface area contributed by atoms with Crippen molar-refractivity contribution in [3.63, 3.8) is 0 Å². The summed E-state index contributed by atoms with van der Waals surface area (Å²) >= 11 is 0. The molecule has 2 N–H and O–H groups in total. The molecule has 0 radical (unpaired) electrons. The van der Waals surface area contributed by atoms with Crippen molar-refractivity contribution in [3.05, 3.63) is 64.7 Å². The molecule has 1 aliphatic heterocycles. The third kappa shape index (κ3) is 5.47. The van der Waals surface area contributed by atoms with E-state index in [-0.39, 0.29) is 31.6 Å². The molecule has 0 saturated carbocycles. The van der Waals surface area contributed by atoms with E-state index in [1.165, 1.54) is 12.1 Å². The Morgan fingerprint density at radius 1 is 1.06 bits per heavy atom. The van der Waals surface area contributed by atoms with Gasteiger partial charge in [-0.05, 0) is 62.4 Å². The maximum atomic E-state index is 13.2. The lowest BCUT2D eigenvalue weighted by molar-refractivity contribution is -0.138. The van der Waals surface area contributed by atoms with Crippen molar-refractivity contribution in [1.82, 2.24) is 10.9 Å². The molecule has 33 heavy (non-hydrogen) atoms. The Labute approximate surface area is 190 Å². The monoisotopic (exact) mass is 464 g/mol. The van der Waals surface area contributed by atoms with Crippen molar-refractivity contribution in [2.45, 2.75) is 51.3 Å². The predicted molar refractivity (Wildman–Crippen MR) is 115 cm³/mol. The van der Waals surface area contributed by atoms with Gasteiger partial charge in [0.1, 0.15) is 5.75 Å². The average molecular weight is 464 g/mol. The van der Waals surface area contributed by atoms with E-state index in [1.807, 2.05) is 26.0 Å². The highest BCUT2D eigenvalue weighted by atomic mass is 19.4. The zero-order chi connectivity index (χ0) is 24.2. The van der Waals surface area contributed by atoms with Crippen LogP contribution in [0.1, 0.15) is 42.0 Å². The number of halogens is 3. The van der Waals surface area contributed by atoms with Crippen molar-refractivity contribution < 1.29 is 32.2 Å². The summed E-state index contributed by atoms with van der Waals surface area (Å²) in [5.41, 5.74) is 4.77. The molecule has 1 atom stereocenters. The zero-order valence-electron chi connectivity index (χ0n) is 18.7. The summed E-state index contributed by atoms with van der Waals surface area (Å²) in [6.45, 7) is 5.77. The Morgan fingerprint density at radius 2 is 1.73 bits per heavy atom. The first-order valence-corrected chi connectivity index (χ1v) is 10.6. The Morgan fingerprint density at radius 3 is 2.39 bits per heavy atom. The second-order valence-electron chi connectivity index (χ2n) is 8.17. The van der Waals surface area contributed by atoms with Gasteiger partial charge in [-0.3, -0.25) is 20.4 Å². The minimum absolute atomic E-state index is 0.185. The molecule has 2 aromatic carbocycles. The highest BCUT2D eigenvalue weighted by Crippen LogP contribution is 2.38. The van der Waals surface area contributed by atoms with Gasteiger partial charge in [-0.1, -0.05) is 30.3 Å². The molecule has 1 fully saturated rings. The van der Waals surface area contributed by atoms with Gasteiger partial charge in [-0.2, -0.15) is 13.2 Å². The van der Waals surface area contributed by atoms with Crippen LogP contribution in [0.15, 0.2) is 42.5 Å². The van der Waals surface area contributed by atoms with E-state index in [9.17, 15) is 22.8 Å². The second kappa shape index (κ2) is 9.82. The first kappa shape index (κ1) is 24.6. The standard InChI is InChI=1S/C24H27F3N2O4/c1-15-6-4-9-20(16(15)2)33-17(3)21(30)28-29-22(31)23(10-12-32-13-11-23)18-7-5-8-19(14-18)24(25,26)27/h4-9,14,17H,10-13H2,1-3H3,(H,28,30)(H,29,31). The van der Waals surface area contributed by atoms with Gasteiger partial charge in [0.25, 0.3) is 5.91 Å². The predicted octanol–water partition coefficient (Wildman–Crippen LogP) is 3.99. The molecular formula is C24H27F3N2O4. The quantitative estimate of drug-likeness (QED) is 0.657. The fourth-order valence-electron chi connectivity index (χ4n) is 3.80. The van der Waals surface area contributed by atoms with Gasteiger partial charge in [0.2, 0.25) is 5.91 Å². The van der Waals surface area contributed by atoms with Crippen LogP contribution in [0.5, 0.6) is 5.75 Å². The number of aryl methyl sites for hydroxylation is 1. The number of benzene rings is 2. The van der Waals surface area contributed by atoms with Gasteiger partial charge < -0.3 is 9.47 Å². The fourth-order valence-corrected chi connectivity index (χ4v) is 3.80. The fraction of sp³-hybridized carbons (Fsp3) is 0.417. The minimum Gasteiger partial charge on any atom is -0.481 e. The number of carbonyl (C=O) groups excluding carboxylic acids is 2. The second-order valence-corrected chi connectivity index (χ2v) is 8.17. The van der Waals surface area contributed by atoms with E-state index >= 15 is 0 Å². The van der Waals surface area contributed by atoms with Crippen LogP contribution in [0.3, 0.4) is 0 Å². The van der Waals surface area contributed by atoms with Crippen molar-refractivity contribution in [1.29, 1.82) is 0 Å². The van der Waals surface area contributed by atoms with Gasteiger partial charge in [0.15, 0.2) is 6.10 Å². The summed E-state index contributed by atoms with van der Waals surface area (Å²) in [5, 5.41) is 0. The van der Waals surface area contributed by atoms with E-state index in [4.69, 9.17) is 9.47 Å². The molecule has 0 aliphatic carbocycles. The molecule has 2 aromatic rings. The molecule has 1 heterocycles. The van der Waals surface area contributed by atoms with Crippen LogP contribution in [0.2, 0.25) is 0 Å². The van der Waals surface area contributed by atoms with E-state index in [2.05, 4.69) is 10.9 Å². The lowest BCUT2D eigenvalue weighted by atomic mass is 9.73. The molecule has 0 spiro atoms. The average Bonchev–Trinajstić information content (AvgIpc) is 2.80. The summed E-state index contributed by atoms with van der Waals surface area (Å²) in [6.07, 6.45) is -5.08. The molecule has 3 rings (SSSR count). The molecule has 0 bridgehead atoms. The molecule has 1 unspecified atom stereocenters. The molecule has 2 amide bonds. The number of hydrogen-bond donors (Lipinski definition) is 2. The molecule has 6 nitrogen and oxygen atoms in total. The lowest BCUT2D eigenvalue weighted by Gasteiger charge is -2.36. The summed E-state index contributed by atoms with van der Waals surface area (Å²) < 4.78 is 50.8. The zero-order valence-corrected chi connectivity index (χ0v) is 18.7. The van der Waals surface area contributed by atoms with E-state index in [1.54, 1.807) is 13.0 Å². The summed E-state index contributed by atoms with van der Waals surface area (Å²) in [4.78, 5) is 25.7. The van der Waals surface area contributed by atoms with Gasteiger partial charge in [-0.15, -0.1) is 0 Å². The number of hydrogen-bond acceptors (Lipinski definition) is 4. The van der Waals surface area contributed by atoms with Gasteiger partial charge in [0, 0.05) is 13.2 Å². The smallest absolute Gasteiger partial charge is 0.416 e. The van der Waals surface area contributed by atoms with E-state index in [0.717, 1.165) is 23.3 Å². The number of rotatable bonds is 5. The summed E-state index contributed by atoms with van der Waals surface area (Å²) in [7, 11) is 0. The molecule has 1 saturated heterocycles. The van der Waals surface area contributed by atoms with Crippen LogP contribution in [-0.2, 0) is 25.9 Å². The van der Waals surface area contributed by atoms with Crippen LogP contribution in [-0.4, -0.2) is 31.1 Å². The lowest BCUT2D eigenvalue weighted by Crippen LogP contribution is -2.55. The summed E-state index contributed by atoms with van der Waals surface area (Å²) in [5.74, 6) is -0.637. The normalized spacial score (nSPS) is 16.5. The summed E-state index contributed by atoms with van der Waals surface area (Å²) in [6, 6.07) is 10.2. The topological polar surface area (TPSA) is 76.7 Å². The van der Waals surface area contributed by atoms with Gasteiger partial charge in [0.05, 0.1) is 11.0 Å². The number of ether oxygens (including phenoxy) is 2. The molecule has 178 valence electrons. The third-order valence-corrected chi connectivity index (χ3v) is 6.05. The minimum atomic E-state index is -4.53. The number of alkyl halides is 3. The van der Waals surface area contributed by atoms with Crippen molar-refractivity contribution >= 4 is 11.8 Å². The maximum absolute atomic E-state index is 13.2. The molecular weight excluding hydrogens is 437 g/mol.